The van der Waals surface area contributed by atoms with E-state index in [4.69, 9.17) is 11.3 Å². The van der Waals surface area contributed by atoms with Gasteiger partial charge in [0.1, 0.15) is 5.75 Å². The van der Waals surface area contributed by atoms with Gasteiger partial charge in [-0.25, -0.2) is 4.98 Å². The molecule has 154 valence electrons. The maximum absolute atomic E-state index is 6.94. The van der Waals surface area contributed by atoms with Crippen molar-refractivity contribution in [1.29, 1.82) is 0 Å². The molecule has 1 fully saturated rings. The van der Waals surface area contributed by atoms with Crippen LogP contribution in [0.15, 0.2) is 36.7 Å². The number of benzene rings is 1. The molecule has 1 aliphatic heterocycles. The molecule has 0 saturated carbocycles. The van der Waals surface area contributed by atoms with E-state index in [0.717, 1.165) is 30.0 Å². The second kappa shape index (κ2) is 8.93. The van der Waals surface area contributed by atoms with Crippen molar-refractivity contribution < 1.29 is 4.74 Å². The number of nitrogens with zero attached hydrogens (tertiary/aromatic N) is 5. The Morgan fingerprint density at radius 3 is 2.90 bits per heavy atom. The predicted octanol–water partition coefficient (Wildman–Crippen LogP) is 4.20. The fourth-order valence-electron chi connectivity index (χ4n) is 4.00. The summed E-state index contributed by atoms with van der Waals surface area (Å²) < 4.78 is 5.68. The Balaban J connectivity index is 1.50. The second-order valence-corrected chi connectivity index (χ2v) is 7.33. The van der Waals surface area contributed by atoms with Gasteiger partial charge < -0.3 is 19.8 Å². The molecule has 0 amide bonds. The minimum Gasteiger partial charge on any atom is -0.496 e. The fourth-order valence-corrected chi connectivity index (χ4v) is 4.00. The standard InChI is InChI=1S/C22H25N7O/c1-4-29-9-5-6-16(29)10-15-7-8-17(19(11-15)30-3)18-12-20(28-27-18)26-22-14-24-21(23-2)13-25-22/h7-8,11-14,16H,4-6,9-10H2,1,3H3,(H2,25,26,27,28)/t16-/m0/s1. The third-order valence-electron chi connectivity index (χ3n) is 5.52. The van der Waals surface area contributed by atoms with E-state index in [1.165, 1.54) is 37.3 Å². The van der Waals surface area contributed by atoms with E-state index in [9.17, 15) is 0 Å². The van der Waals surface area contributed by atoms with Gasteiger partial charge >= 0.3 is 0 Å². The molecule has 1 aromatic carbocycles. The summed E-state index contributed by atoms with van der Waals surface area (Å²) in [5.41, 5.74) is 3.09. The number of aromatic nitrogens is 4. The van der Waals surface area contributed by atoms with Crippen molar-refractivity contribution >= 4 is 17.5 Å². The first-order chi connectivity index (χ1) is 14.7. The van der Waals surface area contributed by atoms with Crippen molar-refractivity contribution in [2.45, 2.75) is 32.2 Å². The Morgan fingerprint density at radius 1 is 1.27 bits per heavy atom. The van der Waals surface area contributed by atoms with Gasteiger partial charge in [-0.3, -0.25) is 5.10 Å². The van der Waals surface area contributed by atoms with Gasteiger partial charge in [0.05, 0.1) is 19.0 Å². The van der Waals surface area contributed by atoms with Gasteiger partial charge in [0.15, 0.2) is 17.8 Å². The summed E-state index contributed by atoms with van der Waals surface area (Å²) in [5.74, 6) is 2.23. The van der Waals surface area contributed by atoms with Crippen molar-refractivity contribution in [1.82, 2.24) is 25.1 Å². The van der Waals surface area contributed by atoms with Crippen LogP contribution < -0.4 is 10.1 Å². The Kier molecular flexibility index (Phi) is 5.91. The summed E-state index contributed by atoms with van der Waals surface area (Å²) in [4.78, 5) is 14.0. The third kappa shape index (κ3) is 4.26. The van der Waals surface area contributed by atoms with Crippen LogP contribution in [0.5, 0.6) is 5.75 Å². The van der Waals surface area contributed by atoms with E-state index >= 15 is 0 Å². The number of anilines is 2. The van der Waals surface area contributed by atoms with Crippen LogP contribution in [-0.4, -0.2) is 51.3 Å². The molecule has 0 unspecified atom stereocenters. The largest absolute Gasteiger partial charge is 0.496 e. The van der Waals surface area contributed by atoms with E-state index in [0.29, 0.717) is 17.7 Å². The van der Waals surface area contributed by atoms with Gasteiger partial charge in [-0.1, -0.05) is 19.6 Å². The normalized spacial score (nSPS) is 16.4. The lowest BCUT2D eigenvalue weighted by atomic mass is 10.0. The first-order valence-electron chi connectivity index (χ1n) is 10.1. The summed E-state index contributed by atoms with van der Waals surface area (Å²) in [6.45, 7) is 11.5. The molecule has 1 aliphatic rings. The first-order valence-corrected chi connectivity index (χ1v) is 10.1. The first kappa shape index (κ1) is 19.9. The average molecular weight is 403 g/mol. The van der Waals surface area contributed by atoms with E-state index in [-0.39, 0.29) is 5.82 Å². The summed E-state index contributed by atoms with van der Waals surface area (Å²) in [6, 6.07) is 8.90. The Morgan fingerprint density at radius 2 is 2.17 bits per heavy atom. The molecular formula is C22H25N7O. The maximum Gasteiger partial charge on any atom is 0.288 e. The smallest absolute Gasteiger partial charge is 0.288 e. The van der Waals surface area contributed by atoms with E-state index in [1.807, 2.05) is 6.07 Å². The molecule has 0 bridgehead atoms. The molecule has 0 radical (unpaired) electrons. The molecular weight excluding hydrogens is 378 g/mol. The Hall–Kier alpha value is -3.44. The fraction of sp³-hybridized carbons (Fsp3) is 0.364. The van der Waals surface area contributed by atoms with Gasteiger partial charge in [0.25, 0.3) is 5.82 Å². The van der Waals surface area contributed by atoms with Gasteiger partial charge in [0, 0.05) is 17.7 Å². The topological polar surface area (TPSA) is 83.3 Å². The zero-order chi connectivity index (χ0) is 20.9. The van der Waals surface area contributed by atoms with E-state index < -0.39 is 0 Å². The number of rotatable bonds is 7. The van der Waals surface area contributed by atoms with Crippen LogP contribution in [0.3, 0.4) is 0 Å². The molecule has 1 saturated heterocycles. The lowest BCUT2D eigenvalue weighted by Crippen LogP contribution is -2.30. The minimum absolute atomic E-state index is 0.257. The summed E-state index contributed by atoms with van der Waals surface area (Å²) >= 11 is 0. The number of hydrogen-bond donors (Lipinski definition) is 2. The van der Waals surface area contributed by atoms with Crippen LogP contribution in [-0.2, 0) is 6.42 Å². The summed E-state index contributed by atoms with van der Waals surface area (Å²) in [7, 11) is 1.69. The third-order valence-corrected chi connectivity index (χ3v) is 5.52. The van der Waals surface area contributed by atoms with E-state index in [2.05, 4.69) is 60.3 Å². The summed E-state index contributed by atoms with van der Waals surface area (Å²) in [6.07, 6.45) is 6.52. The Bertz CT molecular complexity index is 1040. The molecule has 3 heterocycles. The zero-order valence-corrected chi connectivity index (χ0v) is 17.2. The molecule has 8 nitrogen and oxygen atoms in total. The van der Waals surface area contributed by atoms with Crippen LogP contribution in [0, 0.1) is 6.57 Å². The molecule has 2 aromatic heterocycles. The Labute approximate surface area is 176 Å². The number of ether oxygens (including phenoxy) is 1. The highest BCUT2D eigenvalue weighted by Gasteiger charge is 2.23. The molecule has 0 aliphatic carbocycles. The molecule has 8 heteroatoms. The second-order valence-electron chi connectivity index (χ2n) is 7.33. The van der Waals surface area contributed by atoms with Crippen LogP contribution in [0.1, 0.15) is 25.3 Å². The van der Waals surface area contributed by atoms with Crippen LogP contribution in [0.25, 0.3) is 16.1 Å². The zero-order valence-electron chi connectivity index (χ0n) is 17.2. The molecule has 30 heavy (non-hydrogen) atoms. The number of hydrogen-bond acceptors (Lipinski definition) is 6. The van der Waals surface area contributed by atoms with Crippen molar-refractivity contribution in [3.8, 4) is 17.0 Å². The highest BCUT2D eigenvalue weighted by Crippen LogP contribution is 2.32. The molecule has 1 atom stereocenters. The van der Waals surface area contributed by atoms with E-state index in [1.54, 1.807) is 7.11 Å². The number of likely N-dealkylation sites (tertiary alicyclic amines) is 1. The monoisotopic (exact) mass is 403 g/mol. The minimum atomic E-state index is 0.257. The van der Waals surface area contributed by atoms with Gasteiger partial charge in [0.2, 0.25) is 0 Å². The molecule has 0 spiro atoms. The number of nitrogens with one attached hydrogen (secondary N) is 2. The maximum atomic E-state index is 6.94. The SMILES string of the molecule is [C-]#[N+]c1cnc(Nc2cc(-c3ccc(C[C@@H]4CCCN4CC)cc3OC)[nH]n2)cn1. The predicted molar refractivity (Wildman–Crippen MR) is 116 cm³/mol. The van der Waals surface area contributed by atoms with Crippen molar-refractivity contribution in [2.75, 3.05) is 25.5 Å². The number of methoxy groups -OCH3 is 1. The molecule has 2 N–H and O–H groups in total. The number of likely N-dealkylation sites (N-methyl/N-ethyl adjacent to an activating group) is 1. The van der Waals surface area contributed by atoms with Gasteiger partial charge in [-0.15, -0.1) is 4.98 Å². The molecule has 4 rings (SSSR count). The lowest BCUT2D eigenvalue weighted by molar-refractivity contribution is 0.266. The van der Waals surface area contributed by atoms with Crippen LogP contribution in [0.4, 0.5) is 17.5 Å². The molecule has 3 aromatic rings. The highest BCUT2D eigenvalue weighted by atomic mass is 16.5. The van der Waals surface area contributed by atoms with Crippen molar-refractivity contribution in [2.24, 2.45) is 0 Å². The number of aromatic amines is 1. The van der Waals surface area contributed by atoms with Crippen LogP contribution in [0.2, 0.25) is 0 Å². The highest BCUT2D eigenvalue weighted by molar-refractivity contribution is 5.71. The quantitative estimate of drug-likeness (QED) is 0.576. The average Bonchev–Trinajstić information content (AvgIpc) is 3.43. The van der Waals surface area contributed by atoms with Gasteiger partial charge in [-0.05, 0) is 50.0 Å². The van der Waals surface area contributed by atoms with Crippen LogP contribution >= 0.6 is 0 Å². The van der Waals surface area contributed by atoms with Gasteiger partial charge in [-0.2, -0.15) is 5.10 Å². The summed E-state index contributed by atoms with van der Waals surface area (Å²) in [5, 5.41) is 10.4. The lowest BCUT2D eigenvalue weighted by Gasteiger charge is -2.23. The van der Waals surface area contributed by atoms with Crippen molar-refractivity contribution in [3.63, 3.8) is 0 Å². The van der Waals surface area contributed by atoms with Crippen molar-refractivity contribution in [3.05, 3.63) is 53.6 Å². The number of H-pyrrole nitrogens is 1.